The minimum Gasteiger partial charge on any atom is -0.326 e. The van der Waals surface area contributed by atoms with E-state index >= 15 is 0 Å². The normalized spacial score (nSPS) is 10.7. The van der Waals surface area contributed by atoms with E-state index < -0.39 is 22.3 Å². The number of amides is 1. The van der Waals surface area contributed by atoms with E-state index in [-0.39, 0.29) is 24.4 Å². The lowest BCUT2D eigenvalue weighted by Gasteiger charge is -2.06. The van der Waals surface area contributed by atoms with Crippen molar-refractivity contribution in [3.63, 3.8) is 0 Å². The van der Waals surface area contributed by atoms with Crippen LogP contribution in [0.1, 0.15) is 17.6 Å². The first-order valence-electron chi connectivity index (χ1n) is 7.79. The first-order valence-corrected chi connectivity index (χ1v) is 7.79. The second-order valence-corrected chi connectivity index (χ2v) is 5.61. The number of hydrogen-bond donors (Lipinski definition) is 1. The number of anilines is 1. The Labute approximate surface area is 147 Å². The summed E-state index contributed by atoms with van der Waals surface area (Å²) >= 11 is 0. The smallest absolute Gasteiger partial charge is 0.304 e. The number of fused-ring (bicyclic) bond motifs is 1. The van der Waals surface area contributed by atoms with Crippen LogP contribution in [0.4, 0.5) is 15.8 Å². The molecular weight excluding hydrogens is 341 g/mol. The van der Waals surface area contributed by atoms with Gasteiger partial charge in [0.2, 0.25) is 17.6 Å². The molecule has 1 N–H and O–H groups in total. The Bertz CT molecular complexity index is 1010. The number of aromatic nitrogens is 1. The Kier molecular flexibility index (Phi) is 4.74. The van der Waals surface area contributed by atoms with Gasteiger partial charge in [-0.2, -0.15) is 4.39 Å². The summed E-state index contributed by atoms with van der Waals surface area (Å²) in [6, 6.07) is 12.3. The number of halogens is 1. The first-order chi connectivity index (χ1) is 12.5. The van der Waals surface area contributed by atoms with Gasteiger partial charge >= 0.3 is 5.69 Å². The monoisotopic (exact) mass is 355 g/mol. The van der Waals surface area contributed by atoms with Crippen molar-refractivity contribution in [2.75, 3.05) is 5.32 Å². The molecule has 0 spiro atoms. The van der Waals surface area contributed by atoms with Crippen LogP contribution in [0.25, 0.3) is 10.9 Å². The maximum absolute atomic E-state index is 13.5. The van der Waals surface area contributed by atoms with E-state index in [2.05, 4.69) is 5.32 Å². The van der Waals surface area contributed by atoms with Crippen molar-refractivity contribution in [1.29, 1.82) is 0 Å². The molecule has 0 aliphatic heterocycles. The molecule has 0 radical (unpaired) electrons. The fourth-order valence-corrected chi connectivity index (χ4v) is 2.60. The number of nitrogens with one attached hydrogen (secondary N) is 1. The van der Waals surface area contributed by atoms with Crippen molar-refractivity contribution >= 4 is 34.1 Å². The van der Waals surface area contributed by atoms with E-state index in [1.54, 1.807) is 6.20 Å². The fourth-order valence-electron chi connectivity index (χ4n) is 2.60. The molecule has 3 rings (SSSR count). The second kappa shape index (κ2) is 7.14. The van der Waals surface area contributed by atoms with Crippen LogP contribution in [0.2, 0.25) is 0 Å². The SMILES string of the molecule is O=C(CCC(=O)n1ccc2ccccc21)Nc1ccc([N+](=O)[O-])c(F)c1. The first kappa shape index (κ1) is 17.3. The summed E-state index contributed by atoms with van der Waals surface area (Å²) in [7, 11) is 0. The van der Waals surface area contributed by atoms with E-state index in [0.717, 1.165) is 23.0 Å². The molecule has 26 heavy (non-hydrogen) atoms. The van der Waals surface area contributed by atoms with Crippen molar-refractivity contribution in [3.05, 3.63) is 70.7 Å². The zero-order chi connectivity index (χ0) is 18.7. The van der Waals surface area contributed by atoms with Crippen LogP contribution in [0.5, 0.6) is 0 Å². The van der Waals surface area contributed by atoms with Crippen molar-refractivity contribution in [1.82, 2.24) is 4.57 Å². The van der Waals surface area contributed by atoms with Gasteiger partial charge in [-0.15, -0.1) is 0 Å². The standard InChI is InChI=1S/C18H14FN3O4/c19-14-11-13(5-6-16(14)22(25)26)20-17(23)7-8-18(24)21-10-9-12-3-1-2-4-15(12)21/h1-6,9-11H,7-8H2,(H,20,23). The molecule has 132 valence electrons. The lowest BCUT2D eigenvalue weighted by atomic mass is 10.2. The van der Waals surface area contributed by atoms with Crippen LogP contribution in [0.3, 0.4) is 0 Å². The largest absolute Gasteiger partial charge is 0.326 e. The van der Waals surface area contributed by atoms with E-state index in [4.69, 9.17) is 0 Å². The number of carbonyl (C=O) groups is 2. The third-order valence-electron chi connectivity index (χ3n) is 3.86. The minimum atomic E-state index is -1.04. The van der Waals surface area contributed by atoms with E-state index in [0.29, 0.717) is 0 Å². The molecule has 0 fully saturated rings. The van der Waals surface area contributed by atoms with Gasteiger partial charge in [-0.1, -0.05) is 18.2 Å². The highest BCUT2D eigenvalue weighted by Gasteiger charge is 2.15. The van der Waals surface area contributed by atoms with Crippen molar-refractivity contribution in [2.45, 2.75) is 12.8 Å². The Morgan fingerprint density at radius 3 is 2.62 bits per heavy atom. The van der Waals surface area contributed by atoms with E-state index in [1.165, 1.54) is 10.6 Å². The molecule has 2 aromatic carbocycles. The van der Waals surface area contributed by atoms with Gasteiger partial charge in [-0.05, 0) is 18.2 Å². The molecule has 0 saturated heterocycles. The summed E-state index contributed by atoms with van der Waals surface area (Å²) in [6.07, 6.45) is 1.53. The summed E-state index contributed by atoms with van der Waals surface area (Å²) in [6.45, 7) is 0. The maximum atomic E-state index is 13.5. The molecule has 1 aromatic heterocycles. The Balaban J connectivity index is 1.61. The summed E-state index contributed by atoms with van der Waals surface area (Å²) in [4.78, 5) is 34.0. The fraction of sp³-hybridized carbons (Fsp3) is 0.111. The number of benzene rings is 2. The summed E-state index contributed by atoms with van der Waals surface area (Å²) in [5.41, 5.74) is 0.185. The molecule has 0 aliphatic rings. The van der Waals surface area contributed by atoms with Gasteiger partial charge in [0, 0.05) is 42.2 Å². The Hall–Kier alpha value is -3.55. The molecule has 0 saturated carbocycles. The van der Waals surface area contributed by atoms with E-state index in [9.17, 15) is 24.1 Å². The molecule has 3 aromatic rings. The van der Waals surface area contributed by atoms with Crippen molar-refractivity contribution in [3.8, 4) is 0 Å². The average molecular weight is 355 g/mol. The van der Waals surface area contributed by atoms with Crippen molar-refractivity contribution in [2.24, 2.45) is 0 Å². The molecule has 0 bridgehead atoms. The number of para-hydroxylation sites is 1. The van der Waals surface area contributed by atoms with Gasteiger partial charge < -0.3 is 5.32 Å². The van der Waals surface area contributed by atoms with Gasteiger partial charge in [0.25, 0.3) is 0 Å². The third kappa shape index (κ3) is 3.59. The van der Waals surface area contributed by atoms with Crippen LogP contribution in [0, 0.1) is 15.9 Å². The van der Waals surface area contributed by atoms with Gasteiger partial charge in [0.15, 0.2) is 0 Å². The molecule has 1 heterocycles. The highest BCUT2D eigenvalue weighted by molar-refractivity contribution is 5.96. The molecular formula is C18H14FN3O4. The number of hydrogen-bond acceptors (Lipinski definition) is 4. The van der Waals surface area contributed by atoms with Crippen LogP contribution < -0.4 is 5.32 Å². The zero-order valence-corrected chi connectivity index (χ0v) is 13.5. The van der Waals surface area contributed by atoms with Gasteiger partial charge in [0.05, 0.1) is 10.4 Å². The number of rotatable bonds is 5. The number of nitro groups is 1. The maximum Gasteiger partial charge on any atom is 0.304 e. The highest BCUT2D eigenvalue weighted by atomic mass is 19.1. The van der Waals surface area contributed by atoms with Gasteiger partial charge in [-0.3, -0.25) is 24.3 Å². The predicted molar refractivity (Wildman–Crippen MR) is 93.5 cm³/mol. The second-order valence-electron chi connectivity index (χ2n) is 5.61. The molecule has 8 heteroatoms. The van der Waals surface area contributed by atoms with Crippen LogP contribution in [-0.2, 0) is 4.79 Å². The molecule has 0 unspecified atom stereocenters. The van der Waals surface area contributed by atoms with Gasteiger partial charge in [-0.25, -0.2) is 0 Å². The lowest BCUT2D eigenvalue weighted by molar-refractivity contribution is -0.387. The Morgan fingerprint density at radius 2 is 1.88 bits per heavy atom. The third-order valence-corrected chi connectivity index (χ3v) is 3.86. The number of nitro benzene ring substituents is 1. The minimum absolute atomic E-state index is 0.0278. The van der Waals surface area contributed by atoms with E-state index in [1.807, 2.05) is 30.3 Å². The molecule has 0 atom stereocenters. The number of carbonyl (C=O) groups excluding carboxylic acids is 2. The topological polar surface area (TPSA) is 94.2 Å². The van der Waals surface area contributed by atoms with Crippen LogP contribution >= 0.6 is 0 Å². The van der Waals surface area contributed by atoms with Crippen molar-refractivity contribution < 1.29 is 18.9 Å². The van der Waals surface area contributed by atoms with Gasteiger partial charge in [0.1, 0.15) is 0 Å². The lowest BCUT2D eigenvalue weighted by Crippen LogP contribution is -2.16. The quantitative estimate of drug-likeness (QED) is 0.557. The molecule has 1 amide bonds. The summed E-state index contributed by atoms with van der Waals surface area (Å²) in [5, 5.41) is 13.9. The number of nitrogens with zero attached hydrogens (tertiary/aromatic N) is 2. The Morgan fingerprint density at radius 1 is 1.12 bits per heavy atom. The molecule has 0 aliphatic carbocycles. The summed E-state index contributed by atoms with van der Waals surface area (Å²) < 4.78 is 15.0. The zero-order valence-electron chi connectivity index (χ0n) is 13.5. The highest BCUT2D eigenvalue weighted by Crippen LogP contribution is 2.21. The van der Waals surface area contributed by atoms with Crippen LogP contribution in [0.15, 0.2) is 54.7 Å². The predicted octanol–water partition coefficient (Wildman–Crippen LogP) is 3.75. The average Bonchev–Trinajstić information content (AvgIpc) is 3.03. The summed E-state index contributed by atoms with van der Waals surface area (Å²) in [5.74, 6) is -1.76. The van der Waals surface area contributed by atoms with Crippen LogP contribution in [-0.4, -0.2) is 21.3 Å². The molecule has 7 nitrogen and oxygen atoms in total.